The van der Waals surface area contributed by atoms with E-state index in [4.69, 9.17) is 0 Å². The van der Waals surface area contributed by atoms with E-state index in [0.717, 1.165) is 12.0 Å². The average molecular weight is 256 g/mol. The van der Waals surface area contributed by atoms with E-state index < -0.39 is 6.09 Å². The molecule has 0 aliphatic heterocycles. The first kappa shape index (κ1) is 13.5. The Bertz CT molecular complexity index is 415. The lowest BCUT2D eigenvalue weighted by Gasteiger charge is -2.05. The molecule has 2 amide bonds. The van der Waals surface area contributed by atoms with Crippen molar-refractivity contribution in [3.05, 3.63) is 21.4 Å². The highest BCUT2D eigenvalue weighted by molar-refractivity contribution is 7.14. The third kappa shape index (κ3) is 3.74. The summed E-state index contributed by atoms with van der Waals surface area (Å²) >= 11 is 1.43. The lowest BCUT2D eigenvalue weighted by molar-refractivity contribution is 0.0916. The molecular formula is C11H16N2O3S. The molecule has 0 aromatic carbocycles. The fourth-order valence-electron chi connectivity index (χ4n) is 1.32. The van der Waals surface area contributed by atoms with Crippen molar-refractivity contribution < 1.29 is 14.3 Å². The third-order valence-corrected chi connectivity index (χ3v) is 3.50. The van der Waals surface area contributed by atoms with Gasteiger partial charge in [0.05, 0.1) is 11.5 Å². The molecule has 94 valence electrons. The summed E-state index contributed by atoms with van der Waals surface area (Å²) in [6.07, 6.45) is 0.236. The zero-order valence-electron chi connectivity index (χ0n) is 10.1. The maximum absolute atomic E-state index is 11.7. The van der Waals surface area contributed by atoms with E-state index in [1.165, 1.54) is 16.2 Å². The van der Waals surface area contributed by atoms with Crippen LogP contribution in [0.5, 0.6) is 0 Å². The molecular weight excluding hydrogens is 240 g/mol. The molecule has 0 saturated carbocycles. The molecule has 0 aliphatic rings. The van der Waals surface area contributed by atoms with Gasteiger partial charge in [0.25, 0.3) is 5.91 Å². The maximum Gasteiger partial charge on any atom is 0.426 e. The minimum atomic E-state index is -0.662. The highest BCUT2D eigenvalue weighted by atomic mass is 32.1. The number of hydrogen-bond donors (Lipinski definition) is 2. The fourth-order valence-corrected chi connectivity index (χ4v) is 2.33. The molecule has 1 aromatic heterocycles. The molecule has 0 atom stereocenters. The van der Waals surface area contributed by atoms with Gasteiger partial charge in [-0.1, -0.05) is 6.92 Å². The van der Waals surface area contributed by atoms with Gasteiger partial charge in [-0.2, -0.15) is 0 Å². The second kappa shape index (κ2) is 6.24. The molecule has 1 heterocycles. The first-order valence-corrected chi connectivity index (χ1v) is 6.22. The minimum Gasteiger partial charge on any atom is -0.449 e. The van der Waals surface area contributed by atoms with Crippen molar-refractivity contribution in [2.75, 3.05) is 6.61 Å². The maximum atomic E-state index is 11.7. The summed E-state index contributed by atoms with van der Waals surface area (Å²) in [7, 11) is 0. The molecule has 2 N–H and O–H groups in total. The summed E-state index contributed by atoms with van der Waals surface area (Å²) in [5.74, 6) is -0.328. The molecule has 6 heteroatoms. The lowest BCUT2D eigenvalue weighted by Crippen LogP contribution is -2.41. The van der Waals surface area contributed by atoms with E-state index in [-0.39, 0.29) is 12.5 Å². The van der Waals surface area contributed by atoms with Crippen molar-refractivity contribution in [2.45, 2.75) is 27.2 Å². The number of carbonyl (C=O) groups is 2. The second-order valence-electron chi connectivity index (χ2n) is 3.37. The number of hydrogen-bond acceptors (Lipinski definition) is 4. The lowest BCUT2D eigenvalue weighted by atomic mass is 10.2. The van der Waals surface area contributed by atoms with Gasteiger partial charge in [0.1, 0.15) is 0 Å². The van der Waals surface area contributed by atoms with Crippen molar-refractivity contribution >= 4 is 23.3 Å². The normalized spacial score (nSPS) is 9.82. The molecule has 17 heavy (non-hydrogen) atoms. The van der Waals surface area contributed by atoms with Crippen molar-refractivity contribution in [3.63, 3.8) is 0 Å². The number of ether oxygens (including phenoxy) is 1. The van der Waals surface area contributed by atoms with E-state index >= 15 is 0 Å². The standard InChI is InChI=1S/C11H16N2O3S/c1-4-8-7(3)6-9(17-8)10(14)12-13-11(15)16-5-2/h6H,4-5H2,1-3H3,(H,12,14)(H,13,15). The molecule has 0 saturated heterocycles. The summed E-state index contributed by atoms with van der Waals surface area (Å²) in [6, 6.07) is 1.81. The number of amides is 2. The Morgan fingerprint density at radius 2 is 2.06 bits per heavy atom. The van der Waals surface area contributed by atoms with Gasteiger partial charge in [-0.25, -0.2) is 10.2 Å². The van der Waals surface area contributed by atoms with E-state index in [1.807, 2.05) is 19.9 Å². The quantitative estimate of drug-likeness (QED) is 0.813. The van der Waals surface area contributed by atoms with Gasteiger partial charge in [-0.15, -0.1) is 11.3 Å². The molecule has 5 nitrogen and oxygen atoms in total. The number of rotatable bonds is 3. The molecule has 0 spiro atoms. The second-order valence-corrected chi connectivity index (χ2v) is 4.51. The van der Waals surface area contributed by atoms with Gasteiger partial charge in [-0.05, 0) is 31.9 Å². The number of hydrazine groups is 1. The van der Waals surface area contributed by atoms with Gasteiger partial charge in [0.15, 0.2) is 0 Å². The van der Waals surface area contributed by atoms with Gasteiger partial charge in [0.2, 0.25) is 0 Å². The molecule has 0 radical (unpaired) electrons. The first-order valence-electron chi connectivity index (χ1n) is 5.40. The smallest absolute Gasteiger partial charge is 0.426 e. The Morgan fingerprint density at radius 3 is 2.59 bits per heavy atom. The zero-order valence-corrected chi connectivity index (χ0v) is 10.9. The van der Waals surface area contributed by atoms with Crippen LogP contribution in [0.15, 0.2) is 6.07 Å². The van der Waals surface area contributed by atoms with E-state index in [9.17, 15) is 9.59 Å². The van der Waals surface area contributed by atoms with Crippen LogP contribution in [0.4, 0.5) is 4.79 Å². The Kier molecular flexibility index (Phi) is 4.96. The van der Waals surface area contributed by atoms with Crippen LogP contribution in [-0.4, -0.2) is 18.6 Å². The van der Waals surface area contributed by atoms with Gasteiger partial charge in [0, 0.05) is 4.88 Å². The predicted molar refractivity (Wildman–Crippen MR) is 66.1 cm³/mol. The fraction of sp³-hybridized carbons (Fsp3) is 0.455. The van der Waals surface area contributed by atoms with E-state index in [1.54, 1.807) is 6.92 Å². The zero-order chi connectivity index (χ0) is 12.8. The first-order chi connectivity index (χ1) is 8.08. The van der Waals surface area contributed by atoms with Crippen LogP contribution in [-0.2, 0) is 11.2 Å². The van der Waals surface area contributed by atoms with Crippen LogP contribution >= 0.6 is 11.3 Å². The summed E-state index contributed by atoms with van der Waals surface area (Å²) in [5.41, 5.74) is 5.57. The van der Waals surface area contributed by atoms with Crippen molar-refractivity contribution in [3.8, 4) is 0 Å². The van der Waals surface area contributed by atoms with Crippen LogP contribution < -0.4 is 10.9 Å². The largest absolute Gasteiger partial charge is 0.449 e. The van der Waals surface area contributed by atoms with Crippen LogP contribution in [0.2, 0.25) is 0 Å². The highest BCUT2D eigenvalue weighted by Crippen LogP contribution is 2.21. The molecule has 1 rings (SSSR count). The highest BCUT2D eigenvalue weighted by Gasteiger charge is 2.12. The number of nitrogens with one attached hydrogen (secondary N) is 2. The average Bonchev–Trinajstić information content (AvgIpc) is 2.68. The molecule has 1 aromatic rings. The van der Waals surface area contributed by atoms with Crippen molar-refractivity contribution in [2.24, 2.45) is 0 Å². The van der Waals surface area contributed by atoms with Gasteiger partial charge >= 0.3 is 6.09 Å². The Hall–Kier alpha value is -1.56. The number of thiophene rings is 1. The predicted octanol–water partition coefficient (Wildman–Crippen LogP) is 2.01. The Balaban J connectivity index is 2.55. The Labute approximate surface area is 104 Å². The third-order valence-electron chi connectivity index (χ3n) is 2.12. The van der Waals surface area contributed by atoms with Crippen LogP contribution in [0.3, 0.4) is 0 Å². The number of aryl methyl sites for hydroxylation is 2. The number of carbonyl (C=O) groups excluding carboxylic acids is 2. The molecule has 0 unspecified atom stereocenters. The minimum absolute atomic E-state index is 0.264. The van der Waals surface area contributed by atoms with Crippen molar-refractivity contribution in [1.29, 1.82) is 0 Å². The monoisotopic (exact) mass is 256 g/mol. The molecule has 0 fully saturated rings. The summed E-state index contributed by atoms with van der Waals surface area (Å²) in [6.45, 7) is 5.96. The molecule has 0 aliphatic carbocycles. The SMILES string of the molecule is CCOC(=O)NNC(=O)c1cc(C)c(CC)s1. The van der Waals surface area contributed by atoms with Crippen LogP contribution in [0, 0.1) is 6.92 Å². The molecule has 0 bridgehead atoms. The van der Waals surface area contributed by atoms with E-state index in [0.29, 0.717) is 4.88 Å². The van der Waals surface area contributed by atoms with Crippen molar-refractivity contribution in [1.82, 2.24) is 10.9 Å². The van der Waals surface area contributed by atoms with Crippen LogP contribution in [0.1, 0.15) is 34.0 Å². The van der Waals surface area contributed by atoms with Crippen LogP contribution in [0.25, 0.3) is 0 Å². The summed E-state index contributed by atoms with van der Waals surface area (Å²) in [4.78, 5) is 24.4. The summed E-state index contributed by atoms with van der Waals surface area (Å²) in [5, 5.41) is 0. The Morgan fingerprint density at radius 1 is 1.35 bits per heavy atom. The van der Waals surface area contributed by atoms with Gasteiger partial charge in [-0.3, -0.25) is 10.2 Å². The summed E-state index contributed by atoms with van der Waals surface area (Å²) < 4.78 is 4.62. The topological polar surface area (TPSA) is 67.4 Å². The van der Waals surface area contributed by atoms with Gasteiger partial charge < -0.3 is 4.74 Å². The van der Waals surface area contributed by atoms with E-state index in [2.05, 4.69) is 15.6 Å².